The first-order valence-corrected chi connectivity index (χ1v) is 11.3. The number of allylic oxidation sites excluding steroid dienone is 2. The summed E-state index contributed by atoms with van der Waals surface area (Å²) in [6, 6.07) is 21.0. The van der Waals surface area contributed by atoms with Gasteiger partial charge in [0, 0.05) is 6.08 Å². The summed E-state index contributed by atoms with van der Waals surface area (Å²) in [5, 5.41) is 0. The molecule has 0 aromatic heterocycles. The minimum absolute atomic E-state index is 0.288. The Bertz CT molecular complexity index is 1250. The summed E-state index contributed by atoms with van der Waals surface area (Å²) in [6.45, 7) is 13.9. The Morgan fingerprint density at radius 3 is 1.94 bits per heavy atom. The maximum Gasteiger partial charge on any atom is 0.336 e. The van der Waals surface area contributed by atoms with Crippen molar-refractivity contribution in [2.45, 2.75) is 20.8 Å². The van der Waals surface area contributed by atoms with E-state index < -0.39 is 5.97 Å². The van der Waals surface area contributed by atoms with E-state index in [1.54, 1.807) is 24.3 Å². The highest BCUT2D eigenvalue weighted by Gasteiger charge is 2.06. The van der Waals surface area contributed by atoms with Crippen molar-refractivity contribution >= 4 is 29.3 Å². The van der Waals surface area contributed by atoms with Gasteiger partial charge < -0.3 is 9.62 Å². The number of rotatable bonds is 10. The van der Waals surface area contributed by atoms with E-state index in [9.17, 15) is 4.79 Å². The zero-order chi connectivity index (χ0) is 25.2. The van der Waals surface area contributed by atoms with Crippen molar-refractivity contribution in [1.82, 2.24) is 0 Å². The molecule has 0 fully saturated rings. The van der Waals surface area contributed by atoms with Crippen molar-refractivity contribution in [3.63, 3.8) is 0 Å². The lowest BCUT2D eigenvalue weighted by molar-refractivity contribution is -0.196. The maximum atomic E-state index is 12.2. The van der Waals surface area contributed by atoms with E-state index in [1.165, 1.54) is 6.08 Å². The second-order valence-corrected chi connectivity index (χ2v) is 8.26. The molecule has 0 aliphatic heterocycles. The van der Waals surface area contributed by atoms with Gasteiger partial charge in [0.15, 0.2) is 5.75 Å². The van der Waals surface area contributed by atoms with Crippen LogP contribution in [0.1, 0.15) is 41.7 Å². The molecule has 0 amide bonds. The fourth-order valence-electron chi connectivity index (χ4n) is 3.17. The number of ether oxygens (including phenoxy) is 1. The van der Waals surface area contributed by atoms with Crippen LogP contribution in [-0.2, 0) is 9.68 Å². The van der Waals surface area contributed by atoms with Crippen molar-refractivity contribution in [3.8, 4) is 11.5 Å². The largest absolute Gasteiger partial charge is 0.423 e. The molecule has 0 bridgehead atoms. The van der Waals surface area contributed by atoms with Crippen LogP contribution in [-0.4, -0.2) is 12.6 Å². The molecular weight excluding hydrogens is 436 g/mol. The SMILES string of the molecule is C=C(C)c1ccc(C=CCOOc2ccc(OC(=O)/C=C/c3ccc(C(=C)C)cc3)cc2C)cc1. The molecule has 0 saturated carbocycles. The van der Waals surface area contributed by atoms with Gasteiger partial charge in [-0.3, -0.25) is 0 Å². The number of aryl methyl sites for hydroxylation is 1. The van der Waals surface area contributed by atoms with Crippen LogP contribution in [0.2, 0.25) is 0 Å². The van der Waals surface area contributed by atoms with Crippen LogP contribution < -0.4 is 9.62 Å². The van der Waals surface area contributed by atoms with Gasteiger partial charge in [-0.15, -0.1) is 0 Å². The van der Waals surface area contributed by atoms with Crippen molar-refractivity contribution in [3.05, 3.63) is 120 Å². The van der Waals surface area contributed by atoms with Crippen molar-refractivity contribution in [2.24, 2.45) is 0 Å². The van der Waals surface area contributed by atoms with Crippen LogP contribution in [0.3, 0.4) is 0 Å². The minimum atomic E-state index is -0.459. The molecule has 3 aromatic rings. The highest BCUT2D eigenvalue weighted by Crippen LogP contribution is 2.24. The van der Waals surface area contributed by atoms with Gasteiger partial charge in [0.25, 0.3) is 0 Å². The standard InChI is InChI=1S/C31H30O4/c1-22(2)27-13-8-25(9-14-27)7-6-20-33-35-30-18-17-29(21-24(30)5)34-31(32)19-12-26-10-15-28(16-11-26)23(3)4/h6-19,21H,1,3,20H2,2,4-5H3/b7-6?,19-12+. The number of hydrogen-bond acceptors (Lipinski definition) is 4. The Kier molecular flexibility index (Phi) is 8.99. The monoisotopic (exact) mass is 466 g/mol. The van der Waals surface area contributed by atoms with Gasteiger partial charge in [-0.25, -0.2) is 4.79 Å². The number of hydrogen-bond donors (Lipinski definition) is 0. The molecule has 0 atom stereocenters. The van der Waals surface area contributed by atoms with Crippen LogP contribution >= 0.6 is 0 Å². The van der Waals surface area contributed by atoms with Gasteiger partial charge in [0.05, 0.1) is 0 Å². The van der Waals surface area contributed by atoms with Gasteiger partial charge in [-0.1, -0.05) is 85.0 Å². The number of benzene rings is 3. The van der Waals surface area contributed by atoms with E-state index >= 15 is 0 Å². The summed E-state index contributed by atoms with van der Waals surface area (Å²) in [5.74, 6) is 0.525. The maximum absolute atomic E-state index is 12.2. The third kappa shape index (κ3) is 7.98. The summed E-state index contributed by atoms with van der Waals surface area (Å²) in [5.41, 5.74) is 6.98. The third-order valence-corrected chi connectivity index (χ3v) is 5.21. The molecule has 4 heteroatoms. The molecule has 0 N–H and O–H groups in total. The summed E-state index contributed by atoms with van der Waals surface area (Å²) < 4.78 is 5.40. The van der Waals surface area contributed by atoms with Crippen LogP contribution in [0, 0.1) is 6.92 Å². The second kappa shape index (κ2) is 12.4. The number of esters is 1. The Morgan fingerprint density at radius 1 is 0.829 bits per heavy atom. The average Bonchev–Trinajstić information content (AvgIpc) is 2.84. The van der Waals surface area contributed by atoms with Crippen LogP contribution in [0.15, 0.2) is 92.0 Å². The molecule has 0 spiro atoms. The molecule has 0 heterocycles. The molecule has 4 nitrogen and oxygen atoms in total. The van der Waals surface area contributed by atoms with Crippen LogP contribution in [0.5, 0.6) is 11.5 Å². The summed E-state index contributed by atoms with van der Waals surface area (Å²) in [4.78, 5) is 22.9. The molecule has 35 heavy (non-hydrogen) atoms. The van der Waals surface area contributed by atoms with Crippen LogP contribution in [0.4, 0.5) is 0 Å². The Labute approximate surface area is 207 Å². The van der Waals surface area contributed by atoms with Crippen LogP contribution in [0.25, 0.3) is 23.3 Å². The molecule has 0 radical (unpaired) electrons. The highest BCUT2D eigenvalue weighted by molar-refractivity contribution is 5.88. The average molecular weight is 467 g/mol. The van der Waals surface area contributed by atoms with Gasteiger partial charge in [-0.2, -0.15) is 4.89 Å². The third-order valence-electron chi connectivity index (χ3n) is 5.21. The Hall–Kier alpha value is -4.15. The summed E-state index contributed by atoms with van der Waals surface area (Å²) >= 11 is 0. The summed E-state index contributed by atoms with van der Waals surface area (Å²) in [7, 11) is 0. The van der Waals surface area contributed by atoms with Gasteiger partial charge in [-0.05, 0) is 72.9 Å². The van der Waals surface area contributed by atoms with E-state index in [1.807, 2.05) is 81.5 Å². The zero-order valence-corrected chi connectivity index (χ0v) is 20.4. The first-order valence-electron chi connectivity index (χ1n) is 11.3. The smallest absolute Gasteiger partial charge is 0.336 e. The van der Waals surface area contributed by atoms with Crippen molar-refractivity contribution < 1.29 is 19.3 Å². The molecule has 0 aliphatic rings. The lowest BCUT2D eigenvalue weighted by atomic mass is 10.1. The molecule has 3 aromatic carbocycles. The normalized spacial score (nSPS) is 11.1. The highest BCUT2D eigenvalue weighted by atomic mass is 17.2. The lowest BCUT2D eigenvalue weighted by Gasteiger charge is -2.08. The molecule has 0 unspecified atom stereocenters. The Balaban J connectivity index is 1.46. The number of carbonyl (C=O) groups excluding carboxylic acids is 1. The van der Waals surface area contributed by atoms with E-state index in [0.29, 0.717) is 11.5 Å². The Morgan fingerprint density at radius 2 is 1.40 bits per heavy atom. The van der Waals surface area contributed by atoms with E-state index in [2.05, 4.69) is 13.2 Å². The molecular formula is C31H30O4. The fraction of sp³-hybridized carbons (Fsp3) is 0.129. The molecule has 3 rings (SSSR count). The molecule has 0 saturated heterocycles. The number of carbonyl (C=O) groups is 1. The van der Waals surface area contributed by atoms with Gasteiger partial charge >= 0.3 is 5.97 Å². The summed E-state index contributed by atoms with van der Waals surface area (Å²) in [6.07, 6.45) is 6.95. The predicted octanol–water partition coefficient (Wildman–Crippen LogP) is 7.70. The fourth-order valence-corrected chi connectivity index (χ4v) is 3.17. The van der Waals surface area contributed by atoms with E-state index in [4.69, 9.17) is 14.5 Å². The first kappa shape index (κ1) is 25.5. The molecule has 0 aliphatic carbocycles. The first-order chi connectivity index (χ1) is 16.8. The van der Waals surface area contributed by atoms with E-state index in [-0.39, 0.29) is 6.61 Å². The van der Waals surface area contributed by atoms with E-state index in [0.717, 1.165) is 39.0 Å². The second-order valence-electron chi connectivity index (χ2n) is 8.26. The quantitative estimate of drug-likeness (QED) is 0.0767. The van der Waals surface area contributed by atoms with Crippen molar-refractivity contribution in [2.75, 3.05) is 6.61 Å². The topological polar surface area (TPSA) is 44.8 Å². The zero-order valence-electron chi connectivity index (χ0n) is 20.4. The minimum Gasteiger partial charge on any atom is -0.423 e. The predicted molar refractivity (Wildman–Crippen MR) is 144 cm³/mol. The van der Waals surface area contributed by atoms with Gasteiger partial charge in [0.1, 0.15) is 12.4 Å². The van der Waals surface area contributed by atoms with Gasteiger partial charge in [0.2, 0.25) is 0 Å². The van der Waals surface area contributed by atoms with Crippen molar-refractivity contribution in [1.29, 1.82) is 0 Å². The molecule has 178 valence electrons. The lowest BCUT2D eigenvalue weighted by Crippen LogP contribution is -2.04.